The van der Waals surface area contributed by atoms with E-state index in [0.717, 1.165) is 38.2 Å². The molecule has 1 heterocycles. The molecule has 1 saturated heterocycles. The minimum absolute atomic E-state index is 0.432. The number of rotatable bonds is 3. The third kappa shape index (κ3) is 2.41. The second kappa shape index (κ2) is 5.27. The molecule has 1 fully saturated rings. The normalized spacial score (nSPS) is 16.8. The average molecular weight is 248 g/mol. The van der Waals surface area contributed by atoms with Crippen molar-refractivity contribution < 1.29 is 4.79 Å². The number of amides is 1. The van der Waals surface area contributed by atoms with Gasteiger partial charge >= 0.3 is 0 Å². The zero-order valence-electron chi connectivity index (χ0n) is 10.4. The summed E-state index contributed by atoms with van der Waals surface area (Å²) in [4.78, 5) is 13.6. The predicted molar refractivity (Wildman–Crippen MR) is 73.4 cm³/mol. The van der Waals surface area contributed by atoms with Crippen LogP contribution in [0.3, 0.4) is 0 Å². The molecule has 1 aliphatic rings. The van der Waals surface area contributed by atoms with Crippen LogP contribution in [0.2, 0.25) is 0 Å². The second-order valence-corrected chi connectivity index (χ2v) is 4.77. The SMILES string of the molecule is NCC1CCN(c2c(N)cccc2C(N)=O)CC1. The summed E-state index contributed by atoms with van der Waals surface area (Å²) in [5, 5.41) is 0. The van der Waals surface area contributed by atoms with Gasteiger partial charge in [-0.15, -0.1) is 0 Å². The maximum absolute atomic E-state index is 11.5. The molecular weight excluding hydrogens is 228 g/mol. The molecule has 98 valence electrons. The number of carbonyl (C=O) groups excluding carboxylic acids is 1. The van der Waals surface area contributed by atoms with Gasteiger partial charge in [-0.3, -0.25) is 4.79 Å². The van der Waals surface area contributed by atoms with Gasteiger partial charge in [0.25, 0.3) is 5.91 Å². The van der Waals surface area contributed by atoms with Crippen molar-refractivity contribution in [2.75, 3.05) is 30.3 Å². The summed E-state index contributed by atoms with van der Waals surface area (Å²) in [5.41, 5.74) is 19.0. The highest BCUT2D eigenvalue weighted by molar-refractivity contribution is 6.01. The number of primary amides is 1. The fraction of sp³-hybridized carbons (Fsp3) is 0.462. The van der Waals surface area contributed by atoms with Gasteiger partial charge in [0.1, 0.15) is 0 Å². The Kier molecular flexibility index (Phi) is 3.72. The lowest BCUT2D eigenvalue weighted by Crippen LogP contribution is -2.37. The summed E-state index contributed by atoms with van der Waals surface area (Å²) >= 11 is 0. The summed E-state index contributed by atoms with van der Waals surface area (Å²) in [5.74, 6) is 0.140. The summed E-state index contributed by atoms with van der Waals surface area (Å²) in [6.45, 7) is 2.47. The molecule has 5 nitrogen and oxygen atoms in total. The van der Waals surface area contributed by atoms with E-state index in [1.165, 1.54) is 0 Å². The Hall–Kier alpha value is -1.75. The number of benzene rings is 1. The van der Waals surface area contributed by atoms with E-state index in [1.54, 1.807) is 18.2 Å². The van der Waals surface area contributed by atoms with E-state index in [-0.39, 0.29) is 0 Å². The van der Waals surface area contributed by atoms with Crippen LogP contribution in [0.5, 0.6) is 0 Å². The van der Waals surface area contributed by atoms with E-state index < -0.39 is 5.91 Å². The molecule has 0 spiro atoms. The topological polar surface area (TPSA) is 98.4 Å². The molecule has 0 bridgehead atoms. The fourth-order valence-corrected chi connectivity index (χ4v) is 2.51. The van der Waals surface area contributed by atoms with Gasteiger partial charge < -0.3 is 22.1 Å². The Bertz CT molecular complexity index is 439. The summed E-state index contributed by atoms with van der Waals surface area (Å²) in [6, 6.07) is 5.28. The smallest absolute Gasteiger partial charge is 0.250 e. The first-order valence-electron chi connectivity index (χ1n) is 6.26. The number of nitrogens with two attached hydrogens (primary N) is 3. The molecule has 1 amide bonds. The van der Waals surface area contributed by atoms with Gasteiger partial charge in [-0.25, -0.2) is 0 Å². The van der Waals surface area contributed by atoms with Crippen LogP contribution < -0.4 is 22.1 Å². The van der Waals surface area contributed by atoms with Crippen LogP contribution in [0, 0.1) is 5.92 Å². The standard InChI is InChI=1S/C13H20N4O/c14-8-9-4-6-17(7-5-9)12-10(13(16)18)2-1-3-11(12)15/h1-3,9H,4-8,14-15H2,(H2,16,18). The van der Waals surface area contributed by atoms with Crippen molar-refractivity contribution in [3.05, 3.63) is 23.8 Å². The van der Waals surface area contributed by atoms with Crippen LogP contribution in [0.25, 0.3) is 0 Å². The minimum atomic E-state index is -0.432. The van der Waals surface area contributed by atoms with Crippen molar-refractivity contribution in [2.45, 2.75) is 12.8 Å². The number of nitrogen functional groups attached to an aromatic ring is 1. The third-order valence-electron chi connectivity index (χ3n) is 3.60. The van der Waals surface area contributed by atoms with Crippen molar-refractivity contribution in [1.29, 1.82) is 0 Å². The molecule has 1 aromatic carbocycles. The molecule has 0 radical (unpaired) electrons. The Morgan fingerprint density at radius 3 is 2.56 bits per heavy atom. The van der Waals surface area contributed by atoms with Crippen LogP contribution in [0.15, 0.2) is 18.2 Å². The van der Waals surface area contributed by atoms with E-state index in [2.05, 4.69) is 4.90 Å². The first-order chi connectivity index (χ1) is 8.63. The van der Waals surface area contributed by atoms with Crippen molar-refractivity contribution in [3.63, 3.8) is 0 Å². The molecule has 1 aliphatic heterocycles. The molecule has 0 atom stereocenters. The van der Waals surface area contributed by atoms with Gasteiger partial charge in [-0.1, -0.05) is 6.07 Å². The highest BCUT2D eigenvalue weighted by Gasteiger charge is 2.23. The largest absolute Gasteiger partial charge is 0.397 e. The van der Waals surface area contributed by atoms with Crippen LogP contribution in [-0.2, 0) is 0 Å². The van der Waals surface area contributed by atoms with Crippen molar-refractivity contribution in [1.82, 2.24) is 0 Å². The van der Waals surface area contributed by atoms with Gasteiger partial charge in [-0.05, 0) is 37.4 Å². The first kappa shape index (κ1) is 12.7. The van der Waals surface area contributed by atoms with E-state index in [1.807, 2.05) is 0 Å². The van der Waals surface area contributed by atoms with Crippen molar-refractivity contribution in [3.8, 4) is 0 Å². The van der Waals surface area contributed by atoms with E-state index in [4.69, 9.17) is 17.2 Å². The minimum Gasteiger partial charge on any atom is -0.397 e. The monoisotopic (exact) mass is 248 g/mol. The molecule has 0 aromatic heterocycles. The lowest BCUT2D eigenvalue weighted by molar-refractivity contribution is 0.100. The number of carbonyl (C=O) groups is 1. The molecule has 6 N–H and O–H groups in total. The summed E-state index contributed by atoms with van der Waals surface area (Å²) < 4.78 is 0. The molecule has 18 heavy (non-hydrogen) atoms. The third-order valence-corrected chi connectivity index (χ3v) is 3.60. The van der Waals surface area contributed by atoms with E-state index >= 15 is 0 Å². The average Bonchev–Trinajstić information content (AvgIpc) is 2.38. The number of nitrogens with zero attached hydrogens (tertiary/aromatic N) is 1. The Morgan fingerprint density at radius 2 is 2.00 bits per heavy atom. The Morgan fingerprint density at radius 1 is 1.33 bits per heavy atom. The van der Waals surface area contributed by atoms with Gasteiger partial charge in [0.05, 0.1) is 16.9 Å². The molecular formula is C13H20N4O. The molecule has 1 aromatic rings. The summed E-state index contributed by atoms with van der Waals surface area (Å²) in [6.07, 6.45) is 2.06. The van der Waals surface area contributed by atoms with Gasteiger partial charge in [0.2, 0.25) is 0 Å². The Labute approximate surface area is 107 Å². The second-order valence-electron chi connectivity index (χ2n) is 4.77. The number of hydrogen-bond donors (Lipinski definition) is 3. The number of hydrogen-bond acceptors (Lipinski definition) is 4. The fourth-order valence-electron chi connectivity index (χ4n) is 2.51. The lowest BCUT2D eigenvalue weighted by Gasteiger charge is -2.34. The molecule has 2 rings (SSSR count). The van der Waals surface area contributed by atoms with Crippen molar-refractivity contribution >= 4 is 17.3 Å². The highest BCUT2D eigenvalue weighted by Crippen LogP contribution is 2.31. The molecule has 0 aliphatic carbocycles. The van der Waals surface area contributed by atoms with Gasteiger partial charge in [-0.2, -0.15) is 0 Å². The van der Waals surface area contributed by atoms with Crippen LogP contribution in [-0.4, -0.2) is 25.5 Å². The van der Waals surface area contributed by atoms with E-state index in [0.29, 0.717) is 17.2 Å². The van der Waals surface area contributed by atoms with Crippen molar-refractivity contribution in [2.24, 2.45) is 17.4 Å². The highest BCUT2D eigenvalue weighted by atomic mass is 16.1. The van der Waals surface area contributed by atoms with Crippen LogP contribution in [0.4, 0.5) is 11.4 Å². The Balaban J connectivity index is 2.26. The maximum atomic E-state index is 11.5. The quantitative estimate of drug-likeness (QED) is 0.680. The van der Waals surface area contributed by atoms with Gasteiger partial charge in [0, 0.05) is 13.1 Å². The maximum Gasteiger partial charge on any atom is 0.250 e. The zero-order valence-corrected chi connectivity index (χ0v) is 10.4. The molecule has 5 heteroatoms. The summed E-state index contributed by atoms with van der Waals surface area (Å²) in [7, 11) is 0. The van der Waals surface area contributed by atoms with Crippen LogP contribution >= 0.6 is 0 Å². The number of anilines is 2. The number of para-hydroxylation sites is 1. The molecule has 0 unspecified atom stereocenters. The molecule has 0 saturated carbocycles. The van der Waals surface area contributed by atoms with Gasteiger partial charge in [0.15, 0.2) is 0 Å². The predicted octanol–water partition coefficient (Wildman–Crippen LogP) is 0.543. The van der Waals surface area contributed by atoms with Crippen LogP contribution in [0.1, 0.15) is 23.2 Å². The lowest BCUT2D eigenvalue weighted by atomic mass is 9.96. The number of piperidine rings is 1. The first-order valence-corrected chi connectivity index (χ1v) is 6.26. The van der Waals surface area contributed by atoms with E-state index in [9.17, 15) is 4.79 Å². The zero-order chi connectivity index (χ0) is 13.1.